The van der Waals surface area contributed by atoms with Gasteiger partial charge in [0.2, 0.25) is 0 Å². The van der Waals surface area contributed by atoms with Gasteiger partial charge in [-0.05, 0) is 6.07 Å². The van der Waals surface area contributed by atoms with E-state index in [0.717, 1.165) is 12.1 Å². The zero-order valence-corrected chi connectivity index (χ0v) is 5.68. The molecule has 1 aromatic rings. The van der Waals surface area contributed by atoms with Crippen molar-refractivity contribution in [2.24, 2.45) is 5.90 Å². The van der Waals surface area contributed by atoms with Crippen LogP contribution in [0.15, 0.2) is 18.2 Å². The third-order valence-corrected chi connectivity index (χ3v) is 1.25. The van der Waals surface area contributed by atoms with Gasteiger partial charge in [-0.2, -0.15) is 0 Å². The Morgan fingerprint density at radius 2 is 2.09 bits per heavy atom. The fourth-order valence-electron chi connectivity index (χ4n) is 0.729. The first kappa shape index (κ1) is 8.10. The Hall–Kier alpha value is -1.00. The third-order valence-electron chi connectivity index (χ3n) is 1.25. The molecule has 1 aromatic carbocycles. The van der Waals surface area contributed by atoms with Crippen molar-refractivity contribution in [3.63, 3.8) is 0 Å². The Bertz CT molecular complexity index is 252. The van der Waals surface area contributed by atoms with E-state index >= 15 is 0 Å². The minimum Gasteiger partial charge on any atom is -0.300 e. The van der Waals surface area contributed by atoms with E-state index in [9.17, 15) is 8.78 Å². The van der Waals surface area contributed by atoms with E-state index in [4.69, 9.17) is 5.90 Å². The lowest BCUT2D eigenvalue weighted by atomic mass is 10.2. The summed E-state index contributed by atoms with van der Waals surface area (Å²) in [5.74, 6) is 3.46. The van der Waals surface area contributed by atoms with Crippen molar-refractivity contribution in [3.8, 4) is 0 Å². The van der Waals surface area contributed by atoms with Gasteiger partial charge in [-0.3, -0.25) is 4.84 Å². The summed E-state index contributed by atoms with van der Waals surface area (Å²) in [6.45, 7) is -0.0495. The largest absolute Gasteiger partial charge is 0.300 e. The molecule has 0 radical (unpaired) electrons. The molecule has 0 aliphatic rings. The molecule has 0 aliphatic heterocycles. The van der Waals surface area contributed by atoms with Crippen LogP contribution in [0.3, 0.4) is 0 Å². The lowest BCUT2D eigenvalue weighted by molar-refractivity contribution is 0.121. The van der Waals surface area contributed by atoms with Gasteiger partial charge in [0.15, 0.2) is 0 Å². The Balaban J connectivity index is 2.90. The van der Waals surface area contributed by atoms with Crippen LogP contribution in [-0.2, 0) is 11.4 Å². The maximum atomic E-state index is 12.7. The normalized spacial score (nSPS) is 10.1. The number of hydrogen-bond acceptors (Lipinski definition) is 2. The van der Waals surface area contributed by atoms with Crippen molar-refractivity contribution in [2.75, 3.05) is 0 Å². The predicted molar refractivity (Wildman–Crippen MR) is 35.3 cm³/mol. The van der Waals surface area contributed by atoms with Crippen LogP contribution < -0.4 is 5.90 Å². The monoisotopic (exact) mass is 159 g/mol. The number of benzene rings is 1. The molecule has 1 rings (SSSR count). The second kappa shape index (κ2) is 3.41. The summed E-state index contributed by atoms with van der Waals surface area (Å²) in [5, 5.41) is 0. The molecule has 0 saturated carbocycles. The molecular formula is C7H7F2NO. The van der Waals surface area contributed by atoms with Gasteiger partial charge in [0.25, 0.3) is 0 Å². The first-order valence-corrected chi connectivity index (χ1v) is 2.99. The van der Waals surface area contributed by atoms with Crippen molar-refractivity contribution in [3.05, 3.63) is 35.4 Å². The van der Waals surface area contributed by atoms with Gasteiger partial charge in [-0.25, -0.2) is 14.7 Å². The smallest absolute Gasteiger partial charge is 0.131 e. The fraction of sp³-hybridized carbons (Fsp3) is 0.143. The van der Waals surface area contributed by atoms with Crippen molar-refractivity contribution >= 4 is 0 Å². The highest BCUT2D eigenvalue weighted by atomic mass is 19.1. The lowest BCUT2D eigenvalue weighted by Gasteiger charge is -1.99. The zero-order valence-electron chi connectivity index (χ0n) is 5.68. The van der Waals surface area contributed by atoms with Gasteiger partial charge in [-0.15, -0.1) is 0 Å². The van der Waals surface area contributed by atoms with Crippen molar-refractivity contribution in [1.29, 1.82) is 0 Å². The molecule has 2 nitrogen and oxygen atoms in total. The summed E-state index contributed by atoms with van der Waals surface area (Å²) in [4.78, 5) is 4.19. The predicted octanol–water partition coefficient (Wildman–Crippen LogP) is 1.36. The fourth-order valence-corrected chi connectivity index (χ4v) is 0.729. The summed E-state index contributed by atoms with van der Waals surface area (Å²) < 4.78 is 24.9. The van der Waals surface area contributed by atoms with E-state index in [0.29, 0.717) is 0 Å². The second-order valence-corrected chi connectivity index (χ2v) is 2.05. The highest BCUT2D eigenvalue weighted by molar-refractivity contribution is 5.17. The summed E-state index contributed by atoms with van der Waals surface area (Å²) in [7, 11) is 0. The van der Waals surface area contributed by atoms with Gasteiger partial charge >= 0.3 is 0 Å². The third kappa shape index (κ3) is 1.96. The SMILES string of the molecule is NOCc1ccc(F)cc1F. The van der Waals surface area contributed by atoms with E-state index in [1.165, 1.54) is 6.07 Å². The molecule has 2 N–H and O–H groups in total. The number of hydrogen-bond donors (Lipinski definition) is 1. The van der Waals surface area contributed by atoms with Gasteiger partial charge in [0, 0.05) is 11.6 Å². The number of rotatable bonds is 2. The van der Waals surface area contributed by atoms with Crippen LogP contribution >= 0.6 is 0 Å². The molecule has 4 heteroatoms. The van der Waals surface area contributed by atoms with Crippen LogP contribution in [0.2, 0.25) is 0 Å². The standard InChI is InChI=1S/C7H7F2NO/c8-6-2-1-5(4-11-10)7(9)3-6/h1-3H,4,10H2. The zero-order chi connectivity index (χ0) is 8.27. The van der Waals surface area contributed by atoms with Gasteiger partial charge in [0.05, 0.1) is 6.61 Å². The van der Waals surface area contributed by atoms with Gasteiger partial charge in [-0.1, -0.05) is 6.07 Å². The molecule has 0 heterocycles. The molecular weight excluding hydrogens is 152 g/mol. The van der Waals surface area contributed by atoms with E-state index in [-0.39, 0.29) is 12.2 Å². The molecule has 0 spiro atoms. The minimum absolute atomic E-state index is 0.0495. The average molecular weight is 159 g/mol. The molecule has 0 saturated heterocycles. The van der Waals surface area contributed by atoms with Crippen molar-refractivity contribution in [2.45, 2.75) is 6.61 Å². The topological polar surface area (TPSA) is 35.2 Å². The molecule has 0 atom stereocenters. The van der Waals surface area contributed by atoms with Crippen LogP contribution in [-0.4, -0.2) is 0 Å². The van der Waals surface area contributed by atoms with Gasteiger partial charge < -0.3 is 0 Å². The first-order chi connectivity index (χ1) is 5.24. The Labute approximate surface area is 62.5 Å². The van der Waals surface area contributed by atoms with Crippen LogP contribution in [0, 0.1) is 11.6 Å². The lowest BCUT2D eigenvalue weighted by Crippen LogP contribution is -2.01. The highest BCUT2D eigenvalue weighted by Gasteiger charge is 2.01. The number of halogens is 2. The van der Waals surface area contributed by atoms with Crippen LogP contribution in [0.1, 0.15) is 5.56 Å². The molecule has 60 valence electrons. The Morgan fingerprint density at radius 1 is 1.36 bits per heavy atom. The summed E-state index contributed by atoms with van der Waals surface area (Å²) in [6.07, 6.45) is 0. The quantitative estimate of drug-likeness (QED) is 0.661. The van der Waals surface area contributed by atoms with Crippen LogP contribution in [0.5, 0.6) is 0 Å². The van der Waals surface area contributed by atoms with Crippen LogP contribution in [0.25, 0.3) is 0 Å². The van der Waals surface area contributed by atoms with Crippen molar-refractivity contribution in [1.82, 2.24) is 0 Å². The average Bonchev–Trinajstić information content (AvgIpc) is 1.95. The maximum Gasteiger partial charge on any atom is 0.131 e. The number of nitrogens with two attached hydrogens (primary N) is 1. The highest BCUT2D eigenvalue weighted by Crippen LogP contribution is 2.09. The van der Waals surface area contributed by atoms with E-state index in [2.05, 4.69) is 4.84 Å². The van der Waals surface area contributed by atoms with Crippen LogP contribution in [0.4, 0.5) is 8.78 Å². The van der Waals surface area contributed by atoms with Gasteiger partial charge in [0.1, 0.15) is 11.6 Å². The summed E-state index contributed by atoms with van der Waals surface area (Å²) >= 11 is 0. The summed E-state index contributed by atoms with van der Waals surface area (Å²) in [6, 6.07) is 3.23. The van der Waals surface area contributed by atoms with E-state index < -0.39 is 11.6 Å². The van der Waals surface area contributed by atoms with E-state index in [1.807, 2.05) is 0 Å². The molecule has 0 amide bonds. The first-order valence-electron chi connectivity index (χ1n) is 2.99. The molecule has 0 bridgehead atoms. The Kier molecular flexibility index (Phi) is 2.51. The maximum absolute atomic E-state index is 12.7. The Morgan fingerprint density at radius 3 is 2.64 bits per heavy atom. The molecule has 0 aromatic heterocycles. The minimum atomic E-state index is -0.643. The molecule has 0 unspecified atom stereocenters. The molecule has 0 fully saturated rings. The molecule has 0 aliphatic carbocycles. The van der Waals surface area contributed by atoms with E-state index in [1.54, 1.807) is 0 Å². The summed E-state index contributed by atoms with van der Waals surface area (Å²) in [5.41, 5.74) is 0.244. The molecule has 11 heavy (non-hydrogen) atoms. The second-order valence-electron chi connectivity index (χ2n) is 2.05. The van der Waals surface area contributed by atoms with Crippen molar-refractivity contribution < 1.29 is 13.6 Å².